The second kappa shape index (κ2) is 8.99. The van der Waals surface area contributed by atoms with E-state index in [1.165, 1.54) is 7.11 Å². The molecule has 0 atom stereocenters. The maximum absolute atomic E-state index is 12.5. The molecule has 140 valence electrons. The van der Waals surface area contributed by atoms with Gasteiger partial charge in [0, 0.05) is 23.7 Å². The Kier molecular flexibility index (Phi) is 6.98. The largest absolute Gasteiger partial charge is 0.465 e. The molecule has 0 unspecified atom stereocenters. The molecule has 1 heterocycles. The topological polar surface area (TPSA) is 55.3 Å². The summed E-state index contributed by atoms with van der Waals surface area (Å²) < 4.78 is 5.04. The number of benzene rings is 1. The molecule has 0 radical (unpaired) electrons. The summed E-state index contributed by atoms with van der Waals surface area (Å²) in [5.74, 6) is 1.16. The van der Waals surface area contributed by atoms with Gasteiger partial charge in [-0.05, 0) is 50.5 Å². The lowest BCUT2D eigenvalue weighted by molar-refractivity contribution is 0.0599. The van der Waals surface area contributed by atoms with Crippen LogP contribution in [0, 0.1) is 5.92 Å². The summed E-state index contributed by atoms with van der Waals surface area (Å²) >= 11 is 6.00. The van der Waals surface area contributed by atoms with Gasteiger partial charge in [0.2, 0.25) is 0 Å². The Labute approximate surface area is 160 Å². The van der Waals surface area contributed by atoms with Crippen LogP contribution in [0.15, 0.2) is 24.3 Å². The van der Waals surface area contributed by atoms with Crippen molar-refractivity contribution in [2.24, 2.45) is 5.92 Å². The lowest BCUT2D eigenvalue weighted by atomic mass is 10.0. The average molecular weight is 376 g/mol. The summed E-state index contributed by atoms with van der Waals surface area (Å²) in [6.07, 6.45) is 0.668. The van der Waals surface area contributed by atoms with Crippen molar-refractivity contribution in [3.8, 4) is 11.4 Å². The Morgan fingerprint density at radius 2 is 1.77 bits per heavy atom. The average Bonchev–Trinajstić information content (AvgIpc) is 2.62. The monoisotopic (exact) mass is 375 g/mol. The summed E-state index contributed by atoms with van der Waals surface area (Å²) in [7, 11) is 1.39. The minimum absolute atomic E-state index is 0.343. The predicted molar refractivity (Wildman–Crippen MR) is 106 cm³/mol. The molecular weight excluding hydrogens is 350 g/mol. The molecule has 0 aliphatic heterocycles. The highest BCUT2D eigenvalue weighted by Gasteiger charge is 2.25. The van der Waals surface area contributed by atoms with E-state index < -0.39 is 5.97 Å². The lowest BCUT2D eigenvalue weighted by Gasteiger charge is -2.24. The zero-order valence-electron chi connectivity index (χ0n) is 16.0. The Bertz CT molecular complexity index is 756. The Balaban J connectivity index is 2.73. The van der Waals surface area contributed by atoms with Crippen molar-refractivity contribution in [1.29, 1.82) is 0 Å². The molecule has 0 aliphatic rings. The maximum atomic E-state index is 12.5. The third-order valence-corrected chi connectivity index (χ3v) is 4.37. The summed E-state index contributed by atoms with van der Waals surface area (Å²) in [5, 5.41) is 0.659. The molecule has 0 spiro atoms. The number of carbonyl (C=O) groups is 1. The molecule has 0 fully saturated rings. The van der Waals surface area contributed by atoms with E-state index in [4.69, 9.17) is 26.3 Å². The number of hydrogen-bond acceptors (Lipinski definition) is 5. The first kappa shape index (κ1) is 20.2. The van der Waals surface area contributed by atoms with E-state index in [1.807, 2.05) is 38.1 Å². The molecule has 2 rings (SSSR count). The van der Waals surface area contributed by atoms with Crippen molar-refractivity contribution in [3.05, 3.63) is 40.5 Å². The number of carbonyl (C=O) groups excluding carboxylic acids is 1. The quantitative estimate of drug-likeness (QED) is 0.660. The van der Waals surface area contributed by atoms with Crippen LogP contribution >= 0.6 is 11.6 Å². The van der Waals surface area contributed by atoms with Crippen LogP contribution in [0.2, 0.25) is 5.02 Å². The van der Waals surface area contributed by atoms with Gasteiger partial charge in [-0.2, -0.15) is 0 Å². The highest BCUT2D eigenvalue weighted by atomic mass is 35.5. The van der Waals surface area contributed by atoms with Gasteiger partial charge in [-0.3, -0.25) is 0 Å². The number of halogens is 1. The summed E-state index contributed by atoms with van der Waals surface area (Å²) in [6, 6.07) is 7.41. The number of esters is 1. The summed E-state index contributed by atoms with van der Waals surface area (Å²) in [5.41, 5.74) is 2.04. The van der Waals surface area contributed by atoms with E-state index in [2.05, 4.69) is 18.7 Å². The molecule has 0 aliphatic carbocycles. The van der Waals surface area contributed by atoms with E-state index in [1.54, 1.807) is 0 Å². The number of methoxy groups -OCH3 is 1. The predicted octanol–water partition coefficient (Wildman–Crippen LogP) is 4.63. The van der Waals surface area contributed by atoms with Crippen LogP contribution in [0.25, 0.3) is 11.4 Å². The third kappa shape index (κ3) is 4.52. The number of anilines is 1. The summed E-state index contributed by atoms with van der Waals surface area (Å²) in [6.45, 7) is 9.75. The van der Waals surface area contributed by atoms with Gasteiger partial charge in [0.25, 0.3) is 0 Å². The molecular formula is C20H26ClN3O2. The number of hydrogen-bond donors (Lipinski definition) is 0. The van der Waals surface area contributed by atoms with Crippen LogP contribution in [0.1, 0.15) is 43.7 Å². The molecule has 1 aromatic carbocycles. The van der Waals surface area contributed by atoms with E-state index in [0.717, 1.165) is 18.7 Å². The number of aromatic nitrogens is 2. The normalized spacial score (nSPS) is 10.9. The molecule has 6 heteroatoms. The Morgan fingerprint density at radius 3 is 2.27 bits per heavy atom. The van der Waals surface area contributed by atoms with Crippen molar-refractivity contribution in [1.82, 2.24) is 9.97 Å². The van der Waals surface area contributed by atoms with Crippen LogP contribution in [-0.4, -0.2) is 36.1 Å². The fourth-order valence-electron chi connectivity index (χ4n) is 2.82. The van der Waals surface area contributed by atoms with Crippen LogP contribution in [0.3, 0.4) is 0 Å². The van der Waals surface area contributed by atoms with Crippen LogP contribution in [0.4, 0.5) is 5.82 Å². The fraction of sp³-hybridized carbons (Fsp3) is 0.450. The molecule has 0 saturated heterocycles. The van der Waals surface area contributed by atoms with Gasteiger partial charge < -0.3 is 9.64 Å². The van der Waals surface area contributed by atoms with Gasteiger partial charge in [0.05, 0.1) is 12.8 Å². The SMILES string of the molecule is CCN(CC)c1nc(-c2ccc(Cl)cc2)nc(CC(C)C)c1C(=O)OC. The first-order chi connectivity index (χ1) is 12.4. The van der Waals surface area contributed by atoms with Crippen LogP contribution in [0.5, 0.6) is 0 Å². The molecule has 26 heavy (non-hydrogen) atoms. The van der Waals surface area contributed by atoms with E-state index in [0.29, 0.717) is 40.3 Å². The lowest BCUT2D eigenvalue weighted by Crippen LogP contribution is -2.27. The highest BCUT2D eigenvalue weighted by Crippen LogP contribution is 2.28. The van der Waals surface area contributed by atoms with Gasteiger partial charge in [-0.25, -0.2) is 14.8 Å². The van der Waals surface area contributed by atoms with Crippen LogP contribution < -0.4 is 4.90 Å². The molecule has 1 aromatic heterocycles. The minimum Gasteiger partial charge on any atom is -0.465 e. The molecule has 5 nitrogen and oxygen atoms in total. The van der Waals surface area contributed by atoms with Crippen molar-refractivity contribution in [2.75, 3.05) is 25.1 Å². The third-order valence-electron chi connectivity index (χ3n) is 4.12. The molecule has 0 amide bonds. The number of ether oxygens (including phenoxy) is 1. The zero-order chi connectivity index (χ0) is 19.3. The van der Waals surface area contributed by atoms with Crippen molar-refractivity contribution < 1.29 is 9.53 Å². The van der Waals surface area contributed by atoms with Gasteiger partial charge in [-0.1, -0.05) is 25.4 Å². The first-order valence-electron chi connectivity index (χ1n) is 8.91. The minimum atomic E-state index is -0.398. The van der Waals surface area contributed by atoms with Gasteiger partial charge >= 0.3 is 5.97 Å². The molecule has 2 aromatic rings. The van der Waals surface area contributed by atoms with Gasteiger partial charge in [0.15, 0.2) is 5.82 Å². The van der Waals surface area contributed by atoms with Crippen LogP contribution in [-0.2, 0) is 11.2 Å². The second-order valence-electron chi connectivity index (χ2n) is 6.46. The summed E-state index contributed by atoms with van der Waals surface area (Å²) in [4.78, 5) is 24.0. The first-order valence-corrected chi connectivity index (χ1v) is 9.29. The van der Waals surface area contributed by atoms with Gasteiger partial charge in [-0.15, -0.1) is 0 Å². The van der Waals surface area contributed by atoms with E-state index in [-0.39, 0.29) is 0 Å². The van der Waals surface area contributed by atoms with Crippen molar-refractivity contribution in [2.45, 2.75) is 34.1 Å². The zero-order valence-corrected chi connectivity index (χ0v) is 16.8. The fourth-order valence-corrected chi connectivity index (χ4v) is 2.95. The standard InChI is InChI=1S/C20H26ClN3O2/c1-6-24(7-2)19-17(20(25)26-5)16(12-13(3)4)22-18(23-19)14-8-10-15(21)11-9-14/h8-11,13H,6-7,12H2,1-5H3. The van der Waals surface area contributed by atoms with Crippen molar-refractivity contribution in [3.63, 3.8) is 0 Å². The van der Waals surface area contributed by atoms with Gasteiger partial charge in [0.1, 0.15) is 11.4 Å². The smallest absolute Gasteiger partial charge is 0.343 e. The van der Waals surface area contributed by atoms with E-state index >= 15 is 0 Å². The molecule has 0 bridgehead atoms. The Morgan fingerprint density at radius 1 is 1.15 bits per heavy atom. The number of rotatable bonds is 7. The van der Waals surface area contributed by atoms with Crippen molar-refractivity contribution >= 4 is 23.4 Å². The molecule has 0 N–H and O–H groups in total. The number of nitrogens with zero attached hydrogens (tertiary/aromatic N) is 3. The molecule has 0 saturated carbocycles. The highest BCUT2D eigenvalue weighted by molar-refractivity contribution is 6.30. The Hall–Kier alpha value is -2.14. The maximum Gasteiger partial charge on any atom is 0.343 e. The van der Waals surface area contributed by atoms with E-state index in [9.17, 15) is 4.79 Å². The second-order valence-corrected chi connectivity index (χ2v) is 6.90.